The molecule has 0 spiro atoms. The number of nitrogens with zero attached hydrogens (tertiary/aromatic N) is 2. The molecule has 0 radical (unpaired) electrons. The summed E-state index contributed by atoms with van der Waals surface area (Å²) >= 11 is 1.32. The van der Waals surface area contributed by atoms with Crippen LogP contribution in [0.15, 0.2) is 28.3 Å². The van der Waals surface area contributed by atoms with Crippen LogP contribution in [-0.4, -0.2) is 48.5 Å². The smallest absolute Gasteiger partial charge is 0.244 e. The second-order valence-electron chi connectivity index (χ2n) is 5.81. The van der Waals surface area contributed by atoms with E-state index in [0.717, 1.165) is 25.7 Å². The number of amides is 1. The van der Waals surface area contributed by atoms with E-state index < -0.39 is 10.0 Å². The van der Waals surface area contributed by atoms with E-state index in [1.807, 2.05) is 6.92 Å². The lowest BCUT2D eigenvalue weighted by molar-refractivity contribution is -0.120. The quantitative estimate of drug-likeness (QED) is 0.776. The molecule has 1 aromatic rings. The Morgan fingerprint density at radius 2 is 1.96 bits per heavy atom. The van der Waals surface area contributed by atoms with Gasteiger partial charge in [0, 0.05) is 25.8 Å². The van der Waals surface area contributed by atoms with Gasteiger partial charge in [0.25, 0.3) is 0 Å². The summed E-state index contributed by atoms with van der Waals surface area (Å²) in [5.74, 6) is -0.0504. The Morgan fingerprint density at radius 3 is 2.50 bits per heavy atom. The molecule has 1 aliphatic rings. The fraction of sp³-hybridized carbons (Fsp3) is 0.625. The van der Waals surface area contributed by atoms with E-state index in [4.69, 9.17) is 0 Å². The molecule has 2 rings (SSSR count). The van der Waals surface area contributed by atoms with Crippen LogP contribution in [0.2, 0.25) is 0 Å². The number of sulfonamides is 1. The molecule has 1 aromatic heterocycles. The van der Waals surface area contributed by atoms with Crippen LogP contribution in [0.25, 0.3) is 0 Å². The number of nitrogens with one attached hydrogen (secondary N) is 1. The maximum atomic E-state index is 12.7. The van der Waals surface area contributed by atoms with Gasteiger partial charge in [-0.05, 0) is 38.8 Å². The van der Waals surface area contributed by atoms with Crippen LogP contribution in [0.1, 0.15) is 39.5 Å². The second-order valence-corrected chi connectivity index (χ2v) is 9.10. The van der Waals surface area contributed by atoms with Crippen molar-refractivity contribution in [3.63, 3.8) is 0 Å². The predicted octanol–water partition coefficient (Wildman–Crippen LogP) is 2.26. The molecule has 2 heterocycles. The lowest BCUT2D eigenvalue weighted by atomic mass is 10.2. The maximum Gasteiger partial charge on any atom is 0.244 e. The van der Waals surface area contributed by atoms with Gasteiger partial charge >= 0.3 is 0 Å². The van der Waals surface area contributed by atoms with E-state index in [1.165, 1.54) is 18.0 Å². The van der Waals surface area contributed by atoms with Crippen LogP contribution in [0.4, 0.5) is 0 Å². The van der Waals surface area contributed by atoms with Gasteiger partial charge in [-0.3, -0.25) is 4.79 Å². The first-order valence-corrected chi connectivity index (χ1v) is 10.7. The van der Waals surface area contributed by atoms with E-state index in [9.17, 15) is 13.2 Å². The highest BCUT2D eigenvalue weighted by Crippen LogP contribution is 2.24. The van der Waals surface area contributed by atoms with Crippen molar-refractivity contribution in [3.8, 4) is 0 Å². The van der Waals surface area contributed by atoms with Crippen LogP contribution in [0.3, 0.4) is 0 Å². The number of rotatable bonds is 6. The normalized spacial score (nSPS) is 17.9. The number of carbonyl (C=O) groups excluding carboxylic acids is 1. The van der Waals surface area contributed by atoms with E-state index in [0.29, 0.717) is 24.7 Å². The van der Waals surface area contributed by atoms with Crippen molar-refractivity contribution in [2.24, 2.45) is 0 Å². The zero-order valence-corrected chi connectivity index (χ0v) is 15.8. The molecule has 0 aliphatic carbocycles. The van der Waals surface area contributed by atoms with Crippen molar-refractivity contribution in [1.82, 2.24) is 14.6 Å². The van der Waals surface area contributed by atoms with Crippen LogP contribution in [-0.2, 0) is 14.8 Å². The minimum absolute atomic E-state index is 0.0504. The summed E-state index contributed by atoms with van der Waals surface area (Å²) in [6.45, 7) is 5.42. The van der Waals surface area contributed by atoms with Crippen molar-refractivity contribution in [2.45, 2.75) is 54.7 Å². The van der Waals surface area contributed by atoms with Crippen LogP contribution in [0, 0.1) is 0 Å². The van der Waals surface area contributed by atoms with Crippen LogP contribution < -0.4 is 5.32 Å². The highest BCUT2D eigenvalue weighted by atomic mass is 32.2. The lowest BCUT2D eigenvalue weighted by Gasteiger charge is -2.19. The first-order valence-electron chi connectivity index (χ1n) is 8.35. The molecule has 1 atom stereocenters. The third kappa shape index (κ3) is 4.94. The SMILES string of the molecule is CCNC(=O)[C@H](C)Sc1ccc(S(=O)(=O)N2CCCCCC2)cn1. The van der Waals surface area contributed by atoms with Gasteiger partial charge in [-0.2, -0.15) is 4.31 Å². The Bertz CT molecular complexity index is 639. The maximum absolute atomic E-state index is 12.7. The average molecular weight is 372 g/mol. The third-order valence-corrected chi connectivity index (χ3v) is 6.86. The molecule has 0 bridgehead atoms. The number of thioether (sulfide) groups is 1. The summed E-state index contributed by atoms with van der Waals surface area (Å²) in [6, 6.07) is 3.26. The summed E-state index contributed by atoms with van der Waals surface area (Å²) in [5, 5.41) is 3.13. The zero-order valence-electron chi connectivity index (χ0n) is 14.2. The number of hydrogen-bond donors (Lipinski definition) is 1. The molecule has 8 heteroatoms. The van der Waals surface area contributed by atoms with Gasteiger partial charge in [0.05, 0.1) is 10.3 Å². The molecule has 1 N–H and O–H groups in total. The number of pyridine rings is 1. The van der Waals surface area contributed by atoms with Gasteiger partial charge in [0.15, 0.2) is 0 Å². The minimum Gasteiger partial charge on any atom is -0.355 e. The predicted molar refractivity (Wildman–Crippen MR) is 95.5 cm³/mol. The number of aromatic nitrogens is 1. The molecular formula is C16H25N3O3S2. The molecule has 1 saturated heterocycles. The van der Waals surface area contributed by atoms with Crippen molar-refractivity contribution >= 4 is 27.7 Å². The average Bonchev–Trinajstić information content (AvgIpc) is 2.85. The fourth-order valence-corrected chi connectivity index (χ4v) is 4.85. The molecule has 0 unspecified atom stereocenters. The Morgan fingerprint density at radius 1 is 1.29 bits per heavy atom. The highest BCUT2D eigenvalue weighted by Gasteiger charge is 2.25. The number of hydrogen-bond acceptors (Lipinski definition) is 5. The molecule has 1 aliphatic heterocycles. The van der Waals surface area contributed by atoms with E-state index in [1.54, 1.807) is 23.4 Å². The molecule has 6 nitrogen and oxygen atoms in total. The Kier molecular flexibility index (Phi) is 7.06. The first kappa shape index (κ1) is 19.2. The molecular weight excluding hydrogens is 346 g/mol. The molecule has 1 fully saturated rings. The van der Waals surface area contributed by atoms with E-state index >= 15 is 0 Å². The van der Waals surface area contributed by atoms with Gasteiger partial charge in [0.2, 0.25) is 15.9 Å². The summed E-state index contributed by atoms with van der Waals surface area (Å²) < 4.78 is 26.9. The van der Waals surface area contributed by atoms with Crippen LogP contribution >= 0.6 is 11.8 Å². The highest BCUT2D eigenvalue weighted by molar-refractivity contribution is 8.00. The summed E-state index contributed by atoms with van der Waals surface area (Å²) in [7, 11) is -3.47. The topological polar surface area (TPSA) is 79.4 Å². The molecule has 0 saturated carbocycles. The lowest BCUT2D eigenvalue weighted by Crippen LogP contribution is -2.32. The van der Waals surface area contributed by atoms with Crippen molar-refractivity contribution in [2.75, 3.05) is 19.6 Å². The summed E-state index contributed by atoms with van der Waals surface area (Å²) in [5.41, 5.74) is 0. The third-order valence-electron chi connectivity index (χ3n) is 3.93. The molecule has 1 amide bonds. The Hall–Kier alpha value is -1.12. The monoisotopic (exact) mass is 371 g/mol. The van der Waals surface area contributed by atoms with Crippen molar-refractivity contribution < 1.29 is 13.2 Å². The molecule has 0 aromatic carbocycles. The van der Waals surface area contributed by atoms with E-state index in [2.05, 4.69) is 10.3 Å². The second kappa shape index (κ2) is 8.82. The Balaban J connectivity index is 2.06. The first-order chi connectivity index (χ1) is 11.4. The van der Waals surface area contributed by atoms with Gasteiger partial charge in [-0.1, -0.05) is 24.6 Å². The summed E-state index contributed by atoms with van der Waals surface area (Å²) in [4.78, 5) is 16.2. The largest absolute Gasteiger partial charge is 0.355 e. The van der Waals surface area contributed by atoms with Crippen LogP contribution in [0.5, 0.6) is 0 Å². The van der Waals surface area contributed by atoms with Gasteiger partial charge in [-0.15, -0.1) is 0 Å². The molecule has 24 heavy (non-hydrogen) atoms. The Labute approximate surface area is 148 Å². The van der Waals surface area contributed by atoms with E-state index in [-0.39, 0.29) is 16.1 Å². The standard InChI is InChI=1S/C16H25N3O3S2/c1-3-17-16(20)13(2)23-15-9-8-14(12-18-15)24(21,22)19-10-6-4-5-7-11-19/h8-9,12-13H,3-7,10-11H2,1-2H3,(H,17,20)/t13-/m0/s1. The zero-order chi connectivity index (χ0) is 17.6. The van der Waals surface area contributed by atoms with Gasteiger partial charge in [-0.25, -0.2) is 13.4 Å². The van der Waals surface area contributed by atoms with Crippen molar-refractivity contribution in [3.05, 3.63) is 18.3 Å². The van der Waals surface area contributed by atoms with Crippen molar-refractivity contribution in [1.29, 1.82) is 0 Å². The van der Waals surface area contributed by atoms with Gasteiger partial charge in [0.1, 0.15) is 4.90 Å². The van der Waals surface area contributed by atoms with Gasteiger partial charge < -0.3 is 5.32 Å². The minimum atomic E-state index is -3.47. The molecule has 134 valence electrons. The number of carbonyl (C=O) groups is 1. The summed E-state index contributed by atoms with van der Waals surface area (Å²) in [6.07, 6.45) is 5.37. The fourth-order valence-electron chi connectivity index (χ4n) is 2.57.